The molecule has 0 radical (unpaired) electrons. The molecule has 0 aromatic carbocycles. The number of pyridine rings is 1. The van der Waals surface area contributed by atoms with Gasteiger partial charge in [0.05, 0.1) is 22.9 Å². The first kappa shape index (κ1) is 18.4. The minimum atomic E-state index is -4.58. The lowest BCUT2D eigenvalue weighted by Gasteiger charge is -2.24. The van der Waals surface area contributed by atoms with E-state index in [9.17, 15) is 21.6 Å². The molecule has 1 N–H and O–H groups in total. The van der Waals surface area contributed by atoms with Gasteiger partial charge in [0.2, 0.25) is 10.0 Å². The van der Waals surface area contributed by atoms with Gasteiger partial charge in [-0.05, 0) is 18.4 Å². The molecule has 3 rings (SSSR count). The van der Waals surface area contributed by atoms with Crippen LogP contribution in [0.4, 0.5) is 13.2 Å². The normalized spacial score (nSPS) is 16.3. The number of rotatable bonds is 6. The number of sulfonamides is 1. The number of hydrogen-bond acceptors (Lipinski definition) is 4. The lowest BCUT2D eigenvalue weighted by atomic mass is 9.84. The van der Waals surface area contributed by atoms with Crippen LogP contribution in [0.5, 0.6) is 0 Å². The summed E-state index contributed by atoms with van der Waals surface area (Å²) in [6.07, 6.45) is 0.0269. The van der Waals surface area contributed by atoms with E-state index in [1.807, 2.05) is 0 Å². The Balaban J connectivity index is 1.75. The van der Waals surface area contributed by atoms with Gasteiger partial charge in [0.15, 0.2) is 11.5 Å². The van der Waals surface area contributed by atoms with Crippen LogP contribution < -0.4 is 4.72 Å². The Labute approximate surface area is 147 Å². The van der Waals surface area contributed by atoms with Crippen LogP contribution in [0.1, 0.15) is 37.1 Å². The van der Waals surface area contributed by atoms with Gasteiger partial charge >= 0.3 is 6.18 Å². The van der Waals surface area contributed by atoms with Crippen molar-refractivity contribution in [2.45, 2.75) is 38.4 Å². The molecule has 11 heteroatoms. The van der Waals surface area contributed by atoms with Gasteiger partial charge in [-0.15, -0.1) is 10.2 Å². The van der Waals surface area contributed by atoms with Gasteiger partial charge in [-0.3, -0.25) is 4.40 Å². The van der Waals surface area contributed by atoms with Crippen molar-refractivity contribution in [2.24, 2.45) is 5.92 Å². The fourth-order valence-electron chi connectivity index (χ4n) is 2.63. The Morgan fingerprint density at radius 1 is 1.32 bits per heavy atom. The van der Waals surface area contributed by atoms with E-state index in [4.69, 9.17) is 11.6 Å². The zero-order valence-electron chi connectivity index (χ0n) is 13.1. The molecule has 0 atom stereocenters. The summed E-state index contributed by atoms with van der Waals surface area (Å²) in [5, 5.41) is 7.25. The average molecular weight is 397 g/mol. The predicted octanol–water partition coefficient (Wildman–Crippen LogP) is 3.01. The summed E-state index contributed by atoms with van der Waals surface area (Å²) in [6.45, 7) is -0.258. The zero-order valence-corrected chi connectivity index (χ0v) is 14.6. The van der Waals surface area contributed by atoms with Gasteiger partial charge in [0, 0.05) is 6.20 Å². The van der Waals surface area contributed by atoms with Gasteiger partial charge in [0.25, 0.3) is 0 Å². The molecule has 1 aliphatic rings. The molecular weight excluding hydrogens is 381 g/mol. The van der Waals surface area contributed by atoms with Crippen LogP contribution in [0, 0.1) is 5.92 Å². The Kier molecular flexibility index (Phi) is 4.95. The maximum absolute atomic E-state index is 12.9. The minimum Gasteiger partial charge on any atom is -0.283 e. The van der Waals surface area contributed by atoms with Crippen LogP contribution >= 0.6 is 11.6 Å². The monoisotopic (exact) mass is 396 g/mol. The van der Waals surface area contributed by atoms with E-state index in [-0.39, 0.29) is 28.8 Å². The minimum absolute atomic E-state index is 0.0110. The topological polar surface area (TPSA) is 76.4 Å². The highest BCUT2D eigenvalue weighted by molar-refractivity contribution is 7.89. The first-order chi connectivity index (χ1) is 11.7. The van der Waals surface area contributed by atoms with E-state index in [1.165, 1.54) is 0 Å². The SMILES string of the molecule is O=S(=O)(CCC1CCC1)NCc1nnc2c(Cl)cc(C(F)(F)F)cn12. The second-order valence-electron chi connectivity index (χ2n) is 6.11. The summed E-state index contributed by atoms with van der Waals surface area (Å²) in [7, 11) is -3.53. The largest absolute Gasteiger partial charge is 0.417 e. The van der Waals surface area contributed by atoms with Crippen LogP contribution in [0.2, 0.25) is 5.02 Å². The zero-order chi connectivity index (χ0) is 18.2. The Morgan fingerprint density at radius 2 is 2.04 bits per heavy atom. The summed E-state index contributed by atoms with van der Waals surface area (Å²) in [5.41, 5.74) is -0.919. The third-order valence-corrected chi connectivity index (χ3v) is 5.96. The van der Waals surface area contributed by atoms with E-state index in [2.05, 4.69) is 14.9 Å². The summed E-state index contributed by atoms with van der Waals surface area (Å²) >= 11 is 5.82. The van der Waals surface area contributed by atoms with Crippen LogP contribution in [0.3, 0.4) is 0 Å². The molecule has 0 aliphatic heterocycles. The van der Waals surface area contributed by atoms with E-state index in [0.717, 1.165) is 35.9 Å². The van der Waals surface area contributed by atoms with Crippen LogP contribution in [0.15, 0.2) is 12.3 Å². The van der Waals surface area contributed by atoms with Crippen LogP contribution in [0.25, 0.3) is 5.65 Å². The number of nitrogens with zero attached hydrogens (tertiary/aromatic N) is 3. The van der Waals surface area contributed by atoms with Crippen LogP contribution in [-0.2, 0) is 22.7 Å². The van der Waals surface area contributed by atoms with Gasteiger partial charge in [-0.25, -0.2) is 13.1 Å². The number of fused-ring (bicyclic) bond motifs is 1. The smallest absolute Gasteiger partial charge is 0.283 e. The highest BCUT2D eigenvalue weighted by Crippen LogP contribution is 2.32. The molecule has 0 unspecified atom stereocenters. The van der Waals surface area contributed by atoms with E-state index in [0.29, 0.717) is 12.3 Å². The number of aromatic nitrogens is 3. The molecule has 138 valence electrons. The third kappa shape index (κ3) is 4.24. The van der Waals surface area contributed by atoms with Gasteiger partial charge in [0.1, 0.15) is 0 Å². The Hall–Kier alpha value is -1.39. The highest BCUT2D eigenvalue weighted by atomic mass is 35.5. The molecule has 0 amide bonds. The fraction of sp³-hybridized carbons (Fsp3) is 0.571. The second kappa shape index (κ2) is 6.73. The van der Waals surface area contributed by atoms with Crippen molar-refractivity contribution >= 4 is 27.3 Å². The second-order valence-corrected chi connectivity index (χ2v) is 8.44. The number of hydrogen-bond donors (Lipinski definition) is 1. The molecule has 1 aliphatic carbocycles. The van der Waals surface area contributed by atoms with Gasteiger partial charge in [-0.2, -0.15) is 13.2 Å². The van der Waals surface area contributed by atoms with Crippen LogP contribution in [-0.4, -0.2) is 28.8 Å². The Bertz CT molecular complexity index is 878. The first-order valence-corrected chi connectivity index (χ1v) is 9.76. The van der Waals surface area contributed by atoms with Crippen molar-refractivity contribution in [1.29, 1.82) is 0 Å². The van der Waals surface area contributed by atoms with Gasteiger partial charge < -0.3 is 0 Å². The summed E-state index contributed by atoms with van der Waals surface area (Å²) in [4.78, 5) is 0. The standard InChI is InChI=1S/C14H16ClF3N4O2S/c15-11-6-10(14(16,17)18)8-22-12(20-21-13(11)22)7-19-25(23,24)5-4-9-2-1-3-9/h6,8-9,19H,1-5,7H2. The molecule has 1 fully saturated rings. The number of alkyl halides is 3. The molecule has 0 spiro atoms. The van der Waals surface area contributed by atoms with Crippen molar-refractivity contribution < 1.29 is 21.6 Å². The number of halogens is 4. The van der Waals surface area contributed by atoms with Crippen molar-refractivity contribution in [3.63, 3.8) is 0 Å². The summed E-state index contributed by atoms with van der Waals surface area (Å²) in [6, 6.07) is 0.762. The molecule has 0 saturated heterocycles. The molecular formula is C14H16ClF3N4O2S. The quantitative estimate of drug-likeness (QED) is 0.814. The average Bonchev–Trinajstić information content (AvgIpc) is 2.86. The first-order valence-electron chi connectivity index (χ1n) is 7.73. The van der Waals surface area contributed by atoms with Gasteiger partial charge in [-0.1, -0.05) is 30.9 Å². The van der Waals surface area contributed by atoms with E-state index < -0.39 is 21.8 Å². The lowest BCUT2D eigenvalue weighted by Crippen LogP contribution is -2.28. The fourth-order valence-corrected chi connectivity index (χ4v) is 4.01. The summed E-state index contributed by atoms with van der Waals surface area (Å²) < 4.78 is 66.2. The van der Waals surface area contributed by atoms with Crippen molar-refractivity contribution in [1.82, 2.24) is 19.3 Å². The molecule has 2 heterocycles. The number of nitrogens with one attached hydrogen (secondary N) is 1. The molecule has 1 saturated carbocycles. The van der Waals surface area contributed by atoms with Crippen molar-refractivity contribution in [2.75, 3.05) is 5.75 Å². The third-order valence-electron chi connectivity index (χ3n) is 4.33. The van der Waals surface area contributed by atoms with Crippen molar-refractivity contribution in [3.8, 4) is 0 Å². The lowest BCUT2D eigenvalue weighted by molar-refractivity contribution is -0.137. The molecule has 25 heavy (non-hydrogen) atoms. The van der Waals surface area contributed by atoms with Crippen molar-refractivity contribution in [3.05, 3.63) is 28.7 Å². The molecule has 2 aromatic rings. The Morgan fingerprint density at radius 3 is 2.64 bits per heavy atom. The molecule has 6 nitrogen and oxygen atoms in total. The maximum atomic E-state index is 12.9. The molecule has 0 bridgehead atoms. The highest BCUT2D eigenvalue weighted by Gasteiger charge is 2.32. The summed E-state index contributed by atoms with van der Waals surface area (Å²) in [5.74, 6) is 0.469. The predicted molar refractivity (Wildman–Crippen MR) is 85.6 cm³/mol. The van der Waals surface area contributed by atoms with E-state index >= 15 is 0 Å². The maximum Gasteiger partial charge on any atom is 0.417 e. The van der Waals surface area contributed by atoms with E-state index in [1.54, 1.807) is 0 Å². The molecule has 2 aromatic heterocycles.